The molecule has 0 aliphatic heterocycles. The normalized spacial score (nSPS) is 13.3. The van der Waals surface area contributed by atoms with Gasteiger partial charge in [0.05, 0.1) is 5.52 Å². The molecule has 2 heteroatoms. The lowest BCUT2D eigenvalue weighted by Gasteiger charge is -2.32. The summed E-state index contributed by atoms with van der Waals surface area (Å²) in [6.07, 6.45) is 1.82. The Hall–Kier alpha value is -2.19. The summed E-state index contributed by atoms with van der Waals surface area (Å²) < 4.78 is 0. The van der Waals surface area contributed by atoms with Crippen LogP contribution in [0.1, 0.15) is 31.0 Å². The van der Waals surface area contributed by atoms with Crippen molar-refractivity contribution in [2.75, 3.05) is 0 Å². The molecule has 1 heterocycles. The molecule has 0 aliphatic carbocycles. The van der Waals surface area contributed by atoms with Crippen LogP contribution in [-0.4, -0.2) is 4.98 Å². The SMILES string of the molecule is CC(C)(c1ccccc1)C(N)c1ccc2ncccc2c1. The van der Waals surface area contributed by atoms with Gasteiger partial charge in [0.15, 0.2) is 0 Å². The number of fused-ring (bicyclic) bond motifs is 1. The first-order chi connectivity index (χ1) is 10.1. The third kappa shape index (κ3) is 2.55. The zero-order valence-electron chi connectivity index (χ0n) is 12.5. The molecule has 1 aromatic heterocycles. The maximum Gasteiger partial charge on any atom is 0.0702 e. The molecule has 0 amide bonds. The van der Waals surface area contributed by atoms with Gasteiger partial charge in [0, 0.05) is 23.0 Å². The number of nitrogens with two attached hydrogens (primary N) is 1. The average molecular weight is 276 g/mol. The lowest BCUT2D eigenvalue weighted by Crippen LogP contribution is -2.33. The van der Waals surface area contributed by atoms with E-state index in [4.69, 9.17) is 5.73 Å². The third-order valence-electron chi connectivity index (χ3n) is 4.28. The maximum absolute atomic E-state index is 6.58. The van der Waals surface area contributed by atoms with Crippen molar-refractivity contribution in [2.24, 2.45) is 5.73 Å². The fourth-order valence-corrected chi connectivity index (χ4v) is 2.75. The van der Waals surface area contributed by atoms with Gasteiger partial charge in [0.25, 0.3) is 0 Å². The van der Waals surface area contributed by atoms with Crippen molar-refractivity contribution < 1.29 is 0 Å². The molecule has 0 saturated carbocycles. The standard InChI is InChI=1S/C19H20N2/c1-19(2,16-8-4-3-5-9-16)18(20)15-10-11-17-14(13-15)7-6-12-21-17/h3-13,18H,20H2,1-2H3. The summed E-state index contributed by atoms with van der Waals surface area (Å²) in [5.74, 6) is 0. The van der Waals surface area contributed by atoms with Gasteiger partial charge in [-0.15, -0.1) is 0 Å². The van der Waals surface area contributed by atoms with Crippen LogP contribution in [-0.2, 0) is 5.41 Å². The van der Waals surface area contributed by atoms with Crippen LogP contribution in [0.15, 0.2) is 66.9 Å². The predicted molar refractivity (Wildman–Crippen MR) is 88.1 cm³/mol. The average Bonchev–Trinajstić information content (AvgIpc) is 2.54. The molecule has 2 nitrogen and oxygen atoms in total. The zero-order chi connectivity index (χ0) is 14.9. The monoisotopic (exact) mass is 276 g/mol. The van der Waals surface area contributed by atoms with E-state index in [0.29, 0.717) is 0 Å². The van der Waals surface area contributed by atoms with Crippen molar-refractivity contribution in [3.8, 4) is 0 Å². The molecule has 3 rings (SSSR count). The summed E-state index contributed by atoms with van der Waals surface area (Å²) >= 11 is 0. The van der Waals surface area contributed by atoms with Gasteiger partial charge in [0.1, 0.15) is 0 Å². The van der Waals surface area contributed by atoms with Crippen molar-refractivity contribution >= 4 is 10.9 Å². The smallest absolute Gasteiger partial charge is 0.0702 e. The van der Waals surface area contributed by atoms with E-state index in [1.807, 2.05) is 24.4 Å². The van der Waals surface area contributed by atoms with Crippen LogP contribution in [0.25, 0.3) is 10.9 Å². The highest BCUT2D eigenvalue weighted by Crippen LogP contribution is 2.35. The van der Waals surface area contributed by atoms with Crippen molar-refractivity contribution in [1.29, 1.82) is 0 Å². The summed E-state index contributed by atoms with van der Waals surface area (Å²) in [6, 6.07) is 20.7. The number of hydrogen-bond acceptors (Lipinski definition) is 2. The summed E-state index contributed by atoms with van der Waals surface area (Å²) in [5.41, 5.74) is 9.85. The molecule has 0 saturated heterocycles. The number of aromatic nitrogens is 1. The molecule has 2 aromatic carbocycles. The fourth-order valence-electron chi connectivity index (χ4n) is 2.75. The Balaban J connectivity index is 2.01. The summed E-state index contributed by atoms with van der Waals surface area (Å²) in [7, 11) is 0. The second kappa shape index (κ2) is 5.30. The Kier molecular flexibility index (Phi) is 3.48. The van der Waals surface area contributed by atoms with Crippen molar-refractivity contribution in [3.63, 3.8) is 0 Å². The Bertz CT molecular complexity index is 748. The second-order valence-corrected chi connectivity index (χ2v) is 6.02. The van der Waals surface area contributed by atoms with E-state index < -0.39 is 0 Å². The predicted octanol–water partition coefficient (Wildman–Crippen LogP) is 4.21. The highest BCUT2D eigenvalue weighted by atomic mass is 14.7. The Morgan fingerprint density at radius 1 is 0.952 bits per heavy atom. The van der Waals surface area contributed by atoms with Gasteiger partial charge in [0.2, 0.25) is 0 Å². The molecule has 1 atom stereocenters. The van der Waals surface area contributed by atoms with Crippen LogP contribution >= 0.6 is 0 Å². The highest BCUT2D eigenvalue weighted by Gasteiger charge is 2.29. The Labute approximate surface area is 125 Å². The topological polar surface area (TPSA) is 38.9 Å². The minimum Gasteiger partial charge on any atom is -0.323 e. The number of nitrogens with zero attached hydrogens (tertiary/aromatic N) is 1. The lowest BCUT2D eigenvalue weighted by molar-refractivity contribution is 0.421. The van der Waals surface area contributed by atoms with E-state index in [0.717, 1.165) is 16.5 Å². The van der Waals surface area contributed by atoms with Gasteiger partial charge < -0.3 is 5.73 Å². The number of rotatable bonds is 3. The van der Waals surface area contributed by atoms with E-state index in [1.54, 1.807) is 0 Å². The molecule has 3 aromatic rings. The Morgan fingerprint density at radius 3 is 2.48 bits per heavy atom. The lowest BCUT2D eigenvalue weighted by atomic mass is 9.75. The first-order valence-electron chi connectivity index (χ1n) is 7.25. The van der Waals surface area contributed by atoms with Crippen molar-refractivity contribution in [2.45, 2.75) is 25.3 Å². The number of benzene rings is 2. The first-order valence-corrected chi connectivity index (χ1v) is 7.25. The second-order valence-electron chi connectivity index (χ2n) is 6.02. The van der Waals surface area contributed by atoms with Crippen LogP contribution in [0, 0.1) is 0 Å². The van der Waals surface area contributed by atoms with E-state index in [2.05, 4.69) is 61.3 Å². The number of hydrogen-bond donors (Lipinski definition) is 1. The van der Waals surface area contributed by atoms with Gasteiger partial charge in [-0.3, -0.25) is 4.98 Å². The molecular weight excluding hydrogens is 256 g/mol. The van der Waals surface area contributed by atoms with Gasteiger partial charge in [-0.25, -0.2) is 0 Å². The Morgan fingerprint density at radius 2 is 1.71 bits per heavy atom. The summed E-state index contributed by atoms with van der Waals surface area (Å²) in [5, 5.41) is 1.13. The molecule has 106 valence electrons. The molecule has 2 N–H and O–H groups in total. The van der Waals surface area contributed by atoms with Crippen LogP contribution in [0.4, 0.5) is 0 Å². The molecule has 0 fully saturated rings. The molecule has 21 heavy (non-hydrogen) atoms. The highest BCUT2D eigenvalue weighted by molar-refractivity contribution is 5.79. The molecule has 0 radical (unpaired) electrons. The maximum atomic E-state index is 6.58. The quantitative estimate of drug-likeness (QED) is 0.778. The van der Waals surface area contributed by atoms with Gasteiger partial charge in [-0.1, -0.05) is 56.3 Å². The molecule has 1 unspecified atom stereocenters. The first kappa shape index (κ1) is 13.8. The largest absolute Gasteiger partial charge is 0.323 e. The van der Waals surface area contributed by atoms with Crippen molar-refractivity contribution in [1.82, 2.24) is 4.98 Å². The molecule has 0 spiro atoms. The zero-order valence-corrected chi connectivity index (χ0v) is 12.5. The van der Waals surface area contributed by atoms with E-state index >= 15 is 0 Å². The summed E-state index contributed by atoms with van der Waals surface area (Å²) in [4.78, 5) is 4.36. The van der Waals surface area contributed by atoms with Crippen LogP contribution in [0.3, 0.4) is 0 Å². The van der Waals surface area contributed by atoms with Crippen LogP contribution in [0.2, 0.25) is 0 Å². The van der Waals surface area contributed by atoms with Gasteiger partial charge >= 0.3 is 0 Å². The molecule has 0 bridgehead atoms. The number of pyridine rings is 1. The van der Waals surface area contributed by atoms with E-state index in [9.17, 15) is 0 Å². The van der Waals surface area contributed by atoms with E-state index in [-0.39, 0.29) is 11.5 Å². The molecule has 0 aliphatic rings. The van der Waals surface area contributed by atoms with Crippen LogP contribution < -0.4 is 5.73 Å². The molecular formula is C19H20N2. The minimum absolute atomic E-state index is 0.0653. The van der Waals surface area contributed by atoms with Gasteiger partial charge in [-0.2, -0.15) is 0 Å². The minimum atomic E-state index is -0.128. The summed E-state index contributed by atoms with van der Waals surface area (Å²) in [6.45, 7) is 4.39. The van der Waals surface area contributed by atoms with Crippen molar-refractivity contribution in [3.05, 3.63) is 78.0 Å². The third-order valence-corrected chi connectivity index (χ3v) is 4.28. The van der Waals surface area contributed by atoms with Gasteiger partial charge in [-0.05, 0) is 29.3 Å². The van der Waals surface area contributed by atoms with E-state index in [1.165, 1.54) is 5.56 Å². The van der Waals surface area contributed by atoms with Crippen LogP contribution in [0.5, 0.6) is 0 Å². The fraction of sp³-hybridized carbons (Fsp3) is 0.211.